The number of ether oxygens (including phenoxy) is 2. The van der Waals surface area contributed by atoms with Gasteiger partial charge in [-0.3, -0.25) is 0 Å². The predicted octanol–water partition coefficient (Wildman–Crippen LogP) is 0.696. The minimum atomic E-state index is -1.78. The molecule has 0 aliphatic heterocycles. The molecule has 1 unspecified atom stereocenters. The highest BCUT2D eigenvalue weighted by molar-refractivity contribution is 5.90. The Bertz CT molecular complexity index is 495. The number of phenols is 1. The van der Waals surface area contributed by atoms with E-state index in [9.17, 15) is 19.8 Å². The van der Waals surface area contributed by atoms with E-state index in [1.54, 1.807) is 6.92 Å². The van der Waals surface area contributed by atoms with Crippen LogP contribution in [0, 0.1) is 0 Å². The number of hydrogen-bond donors (Lipinski definition) is 3. The molecular formula is C12H14O7. The van der Waals surface area contributed by atoms with Crippen LogP contribution in [0.2, 0.25) is 0 Å². The van der Waals surface area contributed by atoms with Gasteiger partial charge >= 0.3 is 11.9 Å². The normalized spacial score (nSPS) is 11.7. The Morgan fingerprint density at radius 3 is 2.47 bits per heavy atom. The molecule has 0 radical (unpaired) electrons. The molecule has 1 aromatic carbocycles. The summed E-state index contributed by atoms with van der Waals surface area (Å²) in [4.78, 5) is 22.3. The molecule has 0 aliphatic carbocycles. The van der Waals surface area contributed by atoms with Gasteiger partial charge in [0.15, 0.2) is 17.6 Å². The zero-order valence-corrected chi connectivity index (χ0v) is 10.4. The summed E-state index contributed by atoms with van der Waals surface area (Å²) in [5, 5.41) is 28.4. The van der Waals surface area contributed by atoms with Crippen LogP contribution in [-0.4, -0.2) is 41.0 Å². The van der Waals surface area contributed by atoms with Crippen molar-refractivity contribution in [3.05, 3.63) is 23.3 Å². The van der Waals surface area contributed by atoms with Gasteiger partial charge in [-0.2, -0.15) is 0 Å². The molecule has 0 heterocycles. The molecule has 0 amide bonds. The lowest BCUT2D eigenvalue weighted by molar-refractivity contribution is -0.153. The van der Waals surface area contributed by atoms with E-state index in [4.69, 9.17) is 9.84 Å². The molecule has 19 heavy (non-hydrogen) atoms. The number of aliphatic hydroxyl groups is 1. The average molecular weight is 270 g/mol. The van der Waals surface area contributed by atoms with Crippen LogP contribution in [0.4, 0.5) is 0 Å². The maximum atomic E-state index is 11.4. The summed E-state index contributed by atoms with van der Waals surface area (Å²) in [6.07, 6.45) is -1.78. The molecular weight excluding hydrogens is 256 g/mol. The minimum absolute atomic E-state index is 0.0480. The molecule has 3 N–H and O–H groups in total. The summed E-state index contributed by atoms with van der Waals surface area (Å²) < 4.78 is 9.39. The third-order valence-electron chi connectivity index (χ3n) is 2.38. The number of methoxy groups -OCH3 is 1. The summed E-state index contributed by atoms with van der Waals surface area (Å²) in [5.74, 6) is -2.93. The molecule has 0 saturated carbocycles. The summed E-state index contributed by atoms with van der Waals surface area (Å²) in [5.41, 5.74) is -0.511. The van der Waals surface area contributed by atoms with Crippen molar-refractivity contribution < 1.29 is 34.4 Å². The number of phenolic OH excluding ortho intramolecular Hbond substituents is 1. The van der Waals surface area contributed by atoms with Crippen molar-refractivity contribution in [2.75, 3.05) is 13.7 Å². The number of hydrogen-bond acceptors (Lipinski definition) is 6. The second kappa shape index (κ2) is 6.05. The van der Waals surface area contributed by atoms with Crippen LogP contribution in [-0.2, 0) is 9.53 Å². The van der Waals surface area contributed by atoms with E-state index in [0.29, 0.717) is 0 Å². The number of carbonyl (C=O) groups excluding carboxylic acids is 1. The van der Waals surface area contributed by atoms with Crippen molar-refractivity contribution in [2.45, 2.75) is 13.0 Å². The molecule has 0 saturated heterocycles. The van der Waals surface area contributed by atoms with E-state index in [1.165, 1.54) is 7.11 Å². The quantitative estimate of drug-likeness (QED) is 0.674. The van der Waals surface area contributed by atoms with Crippen molar-refractivity contribution >= 4 is 11.9 Å². The maximum Gasteiger partial charge on any atom is 0.339 e. The highest BCUT2D eigenvalue weighted by Gasteiger charge is 2.26. The lowest BCUT2D eigenvalue weighted by Gasteiger charge is -2.14. The third kappa shape index (κ3) is 3.14. The van der Waals surface area contributed by atoms with Crippen LogP contribution < -0.4 is 4.74 Å². The summed E-state index contributed by atoms with van der Waals surface area (Å²) in [6.45, 7) is 1.60. The molecule has 0 spiro atoms. The van der Waals surface area contributed by atoms with Crippen LogP contribution >= 0.6 is 0 Å². The van der Waals surface area contributed by atoms with E-state index in [0.717, 1.165) is 12.1 Å². The predicted molar refractivity (Wildman–Crippen MR) is 63.2 cm³/mol. The number of carboxylic acids is 1. The van der Waals surface area contributed by atoms with Gasteiger partial charge in [0.25, 0.3) is 0 Å². The molecule has 104 valence electrons. The Kier molecular flexibility index (Phi) is 4.71. The number of rotatable bonds is 5. The highest BCUT2D eigenvalue weighted by Crippen LogP contribution is 2.35. The van der Waals surface area contributed by atoms with Crippen molar-refractivity contribution in [3.8, 4) is 11.5 Å². The zero-order valence-electron chi connectivity index (χ0n) is 10.4. The van der Waals surface area contributed by atoms with Gasteiger partial charge in [-0.1, -0.05) is 0 Å². The molecule has 0 bridgehead atoms. The van der Waals surface area contributed by atoms with Crippen LogP contribution in [0.25, 0.3) is 0 Å². The second-order valence-corrected chi connectivity index (χ2v) is 3.58. The number of carbonyl (C=O) groups is 2. The van der Waals surface area contributed by atoms with Gasteiger partial charge < -0.3 is 24.8 Å². The Morgan fingerprint density at radius 2 is 2.00 bits per heavy atom. The van der Waals surface area contributed by atoms with Gasteiger partial charge in [-0.05, 0) is 19.1 Å². The molecule has 0 aromatic heterocycles. The van der Waals surface area contributed by atoms with Gasteiger partial charge in [0.2, 0.25) is 0 Å². The molecule has 7 heteroatoms. The fourth-order valence-electron chi connectivity index (χ4n) is 1.47. The number of aliphatic hydroxyl groups excluding tert-OH is 1. The zero-order chi connectivity index (χ0) is 14.6. The monoisotopic (exact) mass is 270 g/mol. The van der Waals surface area contributed by atoms with Crippen LogP contribution in [0.1, 0.15) is 28.9 Å². The number of carboxylic acid groups (broad SMARTS) is 1. The topological polar surface area (TPSA) is 113 Å². The van der Waals surface area contributed by atoms with Gasteiger partial charge in [-0.25, -0.2) is 9.59 Å². The van der Waals surface area contributed by atoms with E-state index >= 15 is 0 Å². The van der Waals surface area contributed by atoms with Crippen LogP contribution in [0.15, 0.2) is 12.1 Å². The summed E-state index contributed by atoms with van der Waals surface area (Å²) >= 11 is 0. The van der Waals surface area contributed by atoms with Crippen molar-refractivity contribution in [2.24, 2.45) is 0 Å². The maximum absolute atomic E-state index is 11.4. The summed E-state index contributed by atoms with van der Waals surface area (Å²) in [6, 6.07) is 2.07. The third-order valence-corrected chi connectivity index (χ3v) is 2.38. The fraction of sp³-hybridized carbons (Fsp3) is 0.333. The SMILES string of the molecule is CCOC(=O)C(O)c1cc(C(=O)O)cc(OC)c1O. The van der Waals surface area contributed by atoms with E-state index in [2.05, 4.69) is 4.74 Å². The Balaban J connectivity index is 3.28. The number of esters is 1. The average Bonchev–Trinajstić information content (AvgIpc) is 2.38. The smallest absolute Gasteiger partial charge is 0.339 e. The first-order chi connectivity index (χ1) is 8.92. The van der Waals surface area contributed by atoms with Crippen LogP contribution in [0.3, 0.4) is 0 Å². The van der Waals surface area contributed by atoms with E-state index in [1.807, 2.05) is 0 Å². The molecule has 1 aromatic rings. The summed E-state index contributed by atoms with van der Waals surface area (Å²) in [7, 11) is 1.22. The molecule has 1 atom stereocenters. The van der Waals surface area contributed by atoms with Crippen molar-refractivity contribution in [3.63, 3.8) is 0 Å². The molecule has 0 fully saturated rings. The molecule has 7 nitrogen and oxygen atoms in total. The first kappa shape index (κ1) is 14.8. The standard InChI is InChI=1S/C12H14O7/c1-3-19-12(17)10(14)7-4-6(11(15)16)5-8(18-2)9(7)13/h4-5,10,13-14H,3H2,1-2H3,(H,15,16). The second-order valence-electron chi connectivity index (χ2n) is 3.58. The number of benzene rings is 1. The van der Waals surface area contributed by atoms with Crippen LogP contribution in [0.5, 0.6) is 11.5 Å². The first-order valence-electron chi connectivity index (χ1n) is 5.41. The van der Waals surface area contributed by atoms with E-state index < -0.39 is 23.8 Å². The van der Waals surface area contributed by atoms with Gasteiger partial charge in [0, 0.05) is 5.56 Å². The molecule has 1 rings (SSSR count). The first-order valence-corrected chi connectivity index (χ1v) is 5.41. The number of aromatic hydroxyl groups is 1. The fourth-order valence-corrected chi connectivity index (χ4v) is 1.47. The van der Waals surface area contributed by atoms with Crippen molar-refractivity contribution in [1.29, 1.82) is 0 Å². The molecule has 0 aliphatic rings. The lowest BCUT2D eigenvalue weighted by Crippen LogP contribution is -2.16. The van der Waals surface area contributed by atoms with Gasteiger partial charge in [0.1, 0.15) is 0 Å². The largest absolute Gasteiger partial charge is 0.504 e. The Labute approximate surface area is 109 Å². The Hall–Kier alpha value is -2.28. The van der Waals surface area contributed by atoms with E-state index in [-0.39, 0.29) is 23.5 Å². The van der Waals surface area contributed by atoms with Gasteiger partial charge in [-0.15, -0.1) is 0 Å². The van der Waals surface area contributed by atoms with Gasteiger partial charge in [0.05, 0.1) is 19.3 Å². The Morgan fingerprint density at radius 1 is 1.37 bits per heavy atom. The highest BCUT2D eigenvalue weighted by atomic mass is 16.5. The van der Waals surface area contributed by atoms with Crippen molar-refractivity contribution in [1.82, 2.24) is 0 Å². The minimum Gasteiger partial charge on any atom is -0.504 e. The number of aromatic carboxylic acids is 1. The lowest BCUT2D eigenvalue weighted by atomic mass is 10.0.